The third-order valence-electron chi connectivity index (χ3n) is 4.02. The summed E-state index contributed by atoms with van der Waals surface area (Å²) in [4.78, 5) is 2.64. The lowest BCUT2D eigenvalue weighted by atomic mass is 9.95. The first-order chi connectivity index (χ1) is 6.79. The Labute approximate surface area is 87.6 Å². The third-order valence-corrected chi connectivity index (χ3v) is 4.02. The monoisotopic (exact) mass is 197 g/mol. The van der Waals surface area contributed by atoms with Gasteiger partial charge in [-0.05, 0) is 32.2 Å². The summed E-state index contributed by atoms with van der Waals surface area (Å²) >= 11 is 0. The van der Waals surface area contributed by atoms with Gasteiger partial charge in [0.15, 0.2) is 0 Å². The minimum Gasteiger partial charge on any atom is -0.381 e. The molecule has 82 valence electrons. The van der Waals surface area contributed by atoms with Crippen LogP contribution in [0.4, 0.5) is 0 Å². The number of rotatable bonds is 2. The molecule has 0 N–H and O–H groups in total. The smallest absolute Gasteiger partial charge is 0.0506 e. The average molecular weight is 197 g/mol. The Balaban J connectivity index is 1.91. The summed E-state index contributed by atoms with van der Waals surface area (Å²) in [5.41, 5.74) is 0. The molecular formula is C12H23NO. The van der Waals surface area contributed by atoms with Gasteiger partial charge in [-0.1, -0.05) is 19.8 Å². The second-order valence-electron chi connectivity index (χ2n) is 5.01. The summed E-state index contributed by atoms with van der Waals surface area (Å²) in [6, 6.07) is 1.63. The molecule has 0 spiro atoms. The molecule has 2 rings (SSSR count). The highest BCUT2D eigenvalue weighted by Crippen LogP contribution is 2.28. The van der Waals surface area contributed by atoms with Crippen molar-refractivity contribution in [3.05, 3.63) is 0 Å². The maximum atomic E-state index is 5.50. The zero-order chi connectivity index (χ0) is 9.97. The van der Waals surface area contributed by atoms with Gasteiger partial charge in [0.2, 0.25) is 0 Å². The molecule has 2 aliphatic rings. The van der Waals surface area contributed by atoms with Crippen LogP contribution in [0.5, 0.6) is 0 Å². The summed E-state index contributed by atoms with van der Waals surface area (Å²) in [5, 5.41) is 0. The molecule has 0 amide bonds. The van der Waals surface area contributed by atoms with Gasteiger partial charge in [-0.3, -0.25) is 0 Å². The van der Waals surface area contributed by atoms with E-state index in [2.05, 4.69) is 18.9 Å². The minimum absolute atomic E-state index is 0.717. The first-order valence-corrected chi connectivity index (χ1v) is 6.08. The summed E-state index contributed by atoms with van der Waals surface area (Å²) in [7, 11) is 2.32. The van der Waals surface area contributed by atoms with Crippen molar-refractivity contribution in [1.82, 2.24) is 4.90 Å². The second-order valence-corrected chi connectivity index (χ2v) is 5.01. The third kappa shape index (κ3) is 2.12. The Bertz CT molecular complexity index is 177. The van der Waals surface area contributed by atoms with E-state index in [1.807, 2.05) is 0 Å². The molecule has 2 nitrogen and oxygen atoms in total. The Kier molecular flexibility index (Phi) is 3.45. The summed E-state index contributed by atoms with van der Waals surface area (Å²) in [6.07, 6.45) is 6.94. The Morgan fingerprint density at radius 2 is 1.86 bits per heavy atom. The fraction of sp³-hybridized carbons (Fsp3) is 1.00. The fourth-order valence-electron chi connectivity index (χ4n) is 3.06. The van der Waals surface area contributed by atoms with Crippen molar-refractivity contribution in [2.24, 2.45) is 5.92 Å². The van der Waals surface area contributed by atoms with E-state index in [4.69, 9.17) is 4.74 Å². The molecule has 0 aromatic heterocycles. The number of hydrogen-bond acceptors (Lipinski definition) is 2. The van der Waals surface area contributed by atoms with E-state index < -0.39 is 0 Å². The van der Waals surface area contributed by atoms with Crippen LogP contribution >= 0.6 is 0 Å². The van der Waals surface area contributed by atoms with Gasteiger partial charge in [0.25, 0.3) is 0 Å². The summed E-state index contributed by atoms with van der Waals surface area (Å²) < 4.78 is 5.50. The first kappa shape index (κ1) is 10.4. The maximum Gasteiger partial charge on any atom is 0.0506 e. The van der Waals surface area contributed by atoms with Crippen molar-refractivity contribution >= 4 is 0 Å². The highest BCUT2D eigenvalue weighted by atomic mass is 16.5. The van der Waals surface area contributed by atoms with Crippen LogP contribution in [0.1, 0.15) is 39.0 Å². The molecular weight excluding hydrogens is 174 g/mol. The molecule has 0 radical (unpaired) electrons. The van der Waals surface area contributed by atoms with Crippen molar-refractivity contribution in [2.75, 3.05) is 20.3 Å². The van der Waals surface area contributed by atoms with Crippen molar-refractivity contribution in [3.63, 3.8) is 0 Å². The topological polar surface area (TPSA) is 12.5 Å². The van der Waals surface area contributed by atoms with Crippen molar-refractivity contribution in [3.8, 4) is 0 Å². The molecule has 1 aliphatic heterocycles. The van der Waals surface area contributed by atoms with Crippen LogP contribution in [0.2, 0.25) is 0 Å². The SMILES string of the molecule is CC1COCCC1N(C)C1CCCC1. The van der Waals surface area contributed by atoms with E-state index in [0.717, 1.165) is 25.3 Å². The van der Waals surface area contributed by atoms with Gasteiger partial charge in [0.1, 0.15) is 0 Å². The van der Waals surface area contributed by atoms with Gasteiger partial charge in [-0.25, -0.2) is 0 Å². The van der Waals surface area contributed by atoms with Gasteiger partial charge >= 0.3 is 0 Å². The van der Waals surface area contributed by atoms with Gasteiger partial charge < -0.3 is 9.64 Å². The van der Waals surface area contributed by atoms with E-state index in [1.54, 1.807) is 0 Å². The molecule has 1 aliphatic carbocycles. The average Bonchev–Trinajstić information content (AvgIpc) is 2.70. The predicted octanol–water partition coefficient (Wildman–Crippen LogP) is 2.29. The van der Waals surface area contributed by atoms with E-state index in [0.29, 0.717) is 5.92 Å². The van der Waals surface area contributed by atoms with E-state index >= 15 is 0 Å². The van der Waals surface area contributed by atoms with Crippen LogP contribution in [0, 0.1) is 5.92 Å². The van der Waals surface area contributed by atoms with Crippen LogP contribution in [-0.4, -0.2) is 37.2 Å². The van der Waals surface area contributed by atoms with Crippen molar-refractivity contribution in [2.45, 2.75) is 51.1 Å². The van der Waals surface area contributed by atoms with Crippen molar-refractivity contribution < 1.29 is 4.74 Å². The van der Waals surface area contributed by atoms with Crippen LogP contribution in [-0.2, 0) is 4.74 Å². The number of ether oxygens (including phenoxy) is 1. The largest absolute Gasteiger partial charge is 0.381 e. The first-order valence-electron chi connectivity index (χ1n) is 6.08. The lowest BCUT2D eigenvalue weighted by Crippen LogP contribution is -2.46. The second kappa shape index (κ2) is 4.63. The zero-order valence-corrected chi connectivity index (χ0v) is 9.54. The summed E-state index contributed by atoms with van der Waals surface area (Å²) in [5.74, 6) is 0.717. The minimum atomic E-state index is 0.717. The Morgan fingerprint density at radius 3 is 2.50 bits per heavy atom. The molecule has 1 saturated carbocycles. The van der Waals surface area contributed by atoms with Crippen LogP contribution < -0.4 is 0 Å². The maximum absolute atomic E-state index is 5.50. The normalized spacial score (nSPS) is 35.4. The highest BCUT2D eigenvalue weighted by Gasteiger charge is 2.30. The zero-order valence-electron chi connectivity index (χ0n) is 9.54. The van der Waals surface area contributed by atoms with E-state index in [1.165, 1.54) is 32.1 Å². The molecule has 0 aromatic carbocycles. The van der Waals surface area contributed by atoms with E-state index in [-0.39, 0.29) is 0 Å². The predicted molar refractivity (Wildman–Crippen MR) is 58.4 cm³/mol. The summed E-state index contributed by atoms with van der Waals surface area (Å²) in [6.45, 7) is 4.25. The van der Waals surface area contributed by atoms with Crippen LogP contribution in [0.25, 0.3) is 0 Å². The lowest BCUT2D eigenvalue weighted by molar-refractivity contribution is -0.00989. The number of hydrogen-bond donors (Lipinski definition) is 0. The van der Waals surface area contributed by atoms with Gasteiger partial charge in [0.05, 0.1) is 6.61 Å². The van der Waals surface area contributed by atoms with Gasteiger partial charge in [0, 0.05) is 18.7 Å². The highest BCUT2D eigenvalue weighted by molar-refractivity contribution is 4.84. The molecule has 0 bridgehead atoms. The van der Waals surface area contributed by atoms with Gasteiger partial charge in [-0.15, -0.1) is 0 Å². The molecule has 1 saturated heterocycles. The van der Waals surface area contributed by atoms with Crippen LogP contribution in [0.15, 0.2) is 0 Å². The number of nitrogens with zero attached hydrogens (tertiary/aromatic N) is 1. The molecule has 2 atom stereocenters. The van der Waals surface area contributed by atoms with Gasteiger partial charge in [-0.2, -0.15) is 0 Å². The Hall–Kier alpha value is -0.0800. The van der Waals surface area contributed by atoms with Crippen molar-refractivity contribution in [1.29, 1.82) is 0 Å². The fourth-order valence-corrected chi connectivity index (χ4v) is 3.06. The molecule has 2 unspecified atom stereocenters. The standard InChI is InChI=1S/C12H23NO/c1-10-9-14-8-7-12(10)13(2)11-5-3-4-6-11/h10-12H,3-9H2,1-2H3. The molecule has 14 heavy (non-hydrogen) atoms. The molecule has 2 fully saturated rings. The molecule has 2 heteroatoms. The molecule has 1 heterocycles. The quantitative estimate of drug-likeness (QED) is 0.673. The lowest BCUT2D eigenvalue weighted by Gasteiger charge is -2.39. The Morgan fingerprint density at radius 1 is 1.14 bits per heavy atom. The van der Waals surface area contributed by atoms with Crippen LogP contribution in [0.3, 0.4) is 0 Å². The van der Waals surface area contributed by atoms with E-state index in [9.17, 15) is 0 Å². The molecule has 0 aromatic rings.